The average Bonchev–Trinajstić information content (AvgIpc) is 2.34. The summed E-state index contributed by atoms with van der Waals surface area (Å²) in [7, 11) is -3.48. The van der Waals surface area contributed by atoms with Gasteiger partial charge in [-0.1, -0.05) is 6.92 Å². The summed E-state index contributed by atoms with van der Waals surface area (Å²) in [5.41, 5.74) is 0.0135. The molecule has 0 spiro atoms. The van der Waals surface area contributed by atoms with E-state index in [1.54, 1.807) is 0 Å². The summed E-state index contributed by atoms with van der Waals surface area (Å²) in [6.45, 7) is 5.43. The van der Waals surface area contributed by atoms with Gasteiger partial charge in [-0.2, -0.15) is 0 Å². The third-order valence-electron chi connectivity index (χ3n) is 3.60. The Balaban J connectivity index is 3.43. The molecule has 0 bridgehead atoms. The van der Waals surface area contributed by atoms with E-state index >= 15 is 0 Å². The molecule has 1 aromatic carbocycles. The van der Waals surface area contributed by atoms with Gasteiger partial charge in [-0.3, -0.25) is 0 Å². The lowest BCUT2D eigenvalue weighted by Gasteiger charge is -2.34. The molecule has 0 amide bonds. The monoisotopic (exact) mass is 383 g/mol. The van der Waals surface area contributed by atoms with Crippen LogP contribution in [0.5, 0.6) is 0 Å². The van der Waals surface area contributed by atoms with Crippen LogP contribution in [-0.4, -0.2) is 26.0 Å². The van der Waals surface area contributed by atoms with Crippen LogP contribution >= 0.6 is 15.9 Å². The number of benzene rings is 1. The Morgan fingerprint density at radius 2 is 1.86 bits per heavy atom. The first-order valence-electron chi connectivity index (χ1n) is 6.59. The second-order valence-corrected chi connectivity index (χ2v) is 9.00. The lowest BCUT2D eigenvalue weighted by molar-refractivity contribution is 0.404. The fourth-order valence-electron chi connectivity index (χ4n) is 1.99. The molecule has 1 atom stereocenters. The fraction of sp³-hybridized carbons (Fsp3) is 0.571. The van der Waals surface area contributed by atoms with Crippen LogP contribution in [0.25, 0.3) is 0 Å². The molecule has 1 rings (SSSR count). The largest absolute Gasteiger partial charge is 0.309 e. The molecule has 0 aromatic heterocycles. The number of sulfone groups is 1. The molecule has 0 aliphatic heterocycles. The van der Waals surface area contributed by atoms with Crippen LogP contribution in [0.2, 0.25) is 0 Å². The van der Waals surface area contributed by atoms with Crippen molar-refractivity contribution in [2.45, 2.75) is 38.0 Å². The Morgan fingerprint density at radius 1 is 1.29 bits per heavy atom. The summed E-state index contributed by atoms with van der Waals surface area (Å²) >= 11 is 2.92. The minimum Gasteiger partial charge on any atom is -0.309 e. The zero-order valence-corrected chi connectivity index (χ0v) is 14.9. The van der Waals surface area contributed by atoms with Crippen LogP contribution in [0.1, 0.15) is 38.8 Å². The van der Waals surface area contributed by atoms with Crippen molar-refractivity contribution in [1.82, 2.24) is 5.32 Å². The van der Waals surface area contributed by atoms with E-state index in [2.05, 4.69) is 21.2 Å². The normalized spacial score (nSPS) is 14.2. The molecular weight excluding hydrogens is 364 g/mol. The van der Waals surface area contributed by atoms with Crippen molar-refractivity contribution in [3.05, 3.63) is 33.8 Å². The van der Waals surface area contributed by atoms with E-state index in [-0.39, 0.29) is 10.0 Å². The Kier molecular flexibility index (Phi) is 5.91. The third kappa shape index (κ3) is 4.02. The first-order chi connectivity index (χ1) is 9.52. The van der Waals surface area contributed by atoms with Gasteiger partial charge in [-0.15, -0.1) is 0 Å². The second-order valence-electron chi connectivity index (χ2n) is 5.55. The van der Waals surface area contributed by atoms with Crippen molar-refractivity contribution in [3.63, 3.8) is 0 Å². The average molecular weight is 384 g/mol. The minimum atomic E-state index is -3.48. The van der Waals surface area contributed by atoms with Crippen molar-refractivity contribution in [2.24, 2.45) is 0 Å². The Bertz CT molecular complexity index is 618. The SMILES string of the molecule is CCCNC(c1cc(F)c(Br)cc1F)C(C)(C)S(C)(=O)=O. The molecule has 120 valence electrons. The molecule has 0 heterocycles. The van der Waals surface area contributed by atoms with Crippen molar-refractivity contribution < 1.29 is 17.2 Å². The molecule has 21 heavy (non-hydrogen) atoms. The number of hydrogen-bond acceptors (Lipinski definition) is 3. The van der Waals surface area contributed by atoms with Crippen LogP contribution in [0.3, 0.4) is 0 Å². The molecule has 1 N–H and O–H groups in total. The maximum absolute atomic E-state index is 14.2. The van der Waals surface area contributed by atoms with E-state index in [0.717, 1.165) is 24.8 Å². The molecule has 0 fully saturated rings. The summed E-state index contributed by atoms with van der Waals surface area (Å²) in [6.07, 6.45) is 1.84. The lowest BCUT2D eigenvalue weighted by atomic mass is 9.94. The smallest absolute Gasteiger partial charge is 0.154 e. The zero-order valence-electron chi connectivity index (χ0n) is 12.5. The number of hydrogen-bond donors (Lipinski definition) is 1. The van der Waals surface area contributed by atoms with E-state index in [1.165, 1.54) is 13.8 Å². The van der Waals surface area contributed by atoms with Crippen LogP contribution in [0.15, 0.2) is 16.6 Å². The van der Waals surface area contributed by atoms with Crippen LogP contribution in [0.4, 0.5) is 8.78 Å². The Labute approximate surface area is 133 Å². The predicted octanol–water partition coefficient (Wildman–Crippen LogP) is 3.59. The maximum Gasteiger partial charge on any atom is 0.154 e. The van der Waals surface area contributed by atoms with Gasteiger partial charge in [0.05, 0.1) is 15.3 Å². The number of rotatable bonds is 6. The fourth-order valence-corrected chi connectivity index (χ4v) is 2.95. The van der Waals surface area contributed by atoms with E-state index in [4.69, 9.17) is 0 Å². The van der Waals surface area contributed by atoms with E-state index in [1.807, 2.05) is 6.92 Å². The van der Waals surface area contributed by atoms with Gasteiger partial charge in [0.1, 0.15) is 11.6 Å². The summed E-state index contributed by atoms with van der Waals surface area (Å²) < 4.78 is 50.7. The van der Waals surface area contributed by atoms with Crippen molar-refractivity contribution in [3.8, 4) is 0 Å². The summed E-state index contributed by atoms with van der Waals surface area (Å²) in [5, 5.41) is 3.02. The molecule has 7 heteroatoms. The first kappa shape index (κ1) is 18.5. The predicted molar refractivity (Wildman–Crippen MR) is 84.0 cm³/mol. The van der Waals surface area contributed by atoms with Gasteiger partial charge in [-0.05, 0) is 54.9 Å². The minimum absolute atomic E-state index is 0.00940. The topological polar surface area (TPSA) is 46.2 Å². The van der Waals surface area contributed by atoms with Crippen molar-refractivity contribution in [1.29, 1.82) is 0 Å². The molecule has 0 aliphatic carbocycles. The number of halogens is 3. The first-order valence-corrected chi connectivity index (χ1v) is 9.28. The molecule has 1 unspecified atom stereocenters. The standard InChI is InChI=1S/C14H20BrF2NO2S/c1-5-6-18-13(14(2,3)21(4,19)20)9-7-12(17)10(15)8-11(9)16/h7-8,13,18H,5-6H2,1-4H3. The second kappa shape index (κ2) is 6.71. The molecular formula is C14H20BrF2NO2S. The van der Waals surface area contributed by atoms with Gasteiger partial charge in [0, 0.05) is 11.8 Å². The highest BCUT2D eigenvalue weighted by atomic mass is 79.9. The molecule has 0 radical (unpaired) electrons. The third-order valence-corrected chi connectivity index (χ3v) is 6.35. The summed E-state index contributed by atoms with van der Waals surface area (Å²) in [6, 6.07) is 1.22. The van der Waals surface area contributed by atoms with E-state index in [9.17, 15) is 17.2 Å². The van der Waals surface area contributed by atoms with E-state index < -0.39 is 32.3 Å². The number of nitrogens with one attached hydrogen (secondary N) is 1. The Morgan fingerprint density at radius 3 is 2.33 bits per heavy atom. The highest BCUT2D eigenvalue weighted by Gasteiger charge is 2.41. The van der Waals surface area contributed by atoms with Gasteiger partial charge in [-0.25, -0.2) is 17.2 Å². The van der Waals surface area contributed by atoms with Gasteiger partial charge in [0.2, 0.25) is 0 Å². The van der Waals surface area contributed by atoms with Crippen LogP contribution < -0.4 is 5.32 Å². The van der Waals surface area contributed by atoms with E-state index in [0.29, 0.717) is 6.54 Å². The van der Waals surface area contributed by atoms with Crippen LogP contribution in [-0.2, 0) is 9.84 Å². The highest BCUT2D eigenvalue weighted by molar-refractivity contribution is 9.10. The zero-order chi connectivity index (χ0) is 16.4. The summed E-state index contributed by atoms with van der Waals surface area (Å²) in [4.78, 5) is 0. The molecule has 1 aromatic rings. The molecule has 0 aliphatic rings. The molecule has 0 saturated heterocycles. The van der Waals surface area contributed by atoms with Crippen molar-refractivity contribution in [2.75, 3.05) is 12.8 Å². The lowest BCUT2D eigenvalue weighted by Crippen LogP contribution is -2.45. The summed E-state index contributed by atoms with van der Waals surface area (Å²) in [5.74, 6) is -1.27. The molecule has 3 nitrogen and oxygen atoms in total. The maximum atomic E-state index is 14.2. The van der Waals surface area contributed by atoms with Gasteiger partial charge in [0.25, 0.3) is 0 Å². The van der Waals surface area contributed by atoms with Crippen LogP contribution in [0, 0.1) is 11.6 Å². The van der Waals surface area contributed by atoms with Gasteiger partial charge < -0.3 is 5.32 Å². The molecule has 0 saturated carbocycles. The van der Waals surface area contributed by atoms with Gasteiger partial charge >= 0.3 is 0 Å². The van der Waals surface area contributed by atoms with Crippen molar-refractivity contribution >= 4 is 25.8 Å². The Hall–Kier alpha value is -0.530. The highest BCUT2D eigenvalue weighted by Crippen LogP contribution is 2.35. The quantitative estimate of drug-likeness (QED) is 0.763. The van der Waals surface area contributed by atoms with Gasteiger partial charge in [0.15, 0.2) is 9.84 Å².